The summed E-state index contributed by atoms with van der Waals surface area (Å²) in [5, 5.41) is 2.82. The fourth-order valence-corrected chi connectivity index (χ4v) is 5.15. The predicted octanol–water partition coefficient (Wildman–Crippen LogP) is 3.94. The number of hydrogen-bond donors (Lipinski definition) is 1. The maximum atomic E-state index is 12.9. The minimum Gasteiger partial charge on any atom is -0.451 e. The molecule has 0 saturated heterocycles. The van der Waals surface area contributed by atoms with E-state index < -0.39 is 5.97 Å². The van der Waals surface area contributed by atoms with Crippen molar-refractivity contribution in [3.63, 3.8) is 0 Å². The lowest BCUT2D eigenvalue weighted by Crippen LogP contribution is -2.41. The number of amides is 2. The van der Waals surface area contributed by atoms with Gasteiger partial charge in [-0.15, -0.1) is 11.3 Å². The minimum atomic E-state index is -0.457. The molecule has 0 fully saturated rings. The number of rotatable bonds is 3. The maximum absolute atomic E-state index is 12.9. The lowest BCUT2D eigenvalue weighted by atomic mass is 10.1. The van der Waals surface area contributed by atoms with Gasteiger partial charge in [0.05, 0.1) is 11.4 Å². The van der Waals surface area contributed by atoms with Gasteiger partial charge in [0, 0.05) is 17.3 Å². The van der Waals surface area contributed by atoms with Crippen molar-refractivity contribution in [2.45, 2.75) is 51.5 Å². The monoisotopic (exact) mass is 412 g/mol. The van der Waals surface area contributed by atoms with E-state index in [0.29, 0.717) is 16.3 Å². The number of nitrogens with one attached hydrogen (secondary N) is 1. The fourth-order valence-electron chi connectivity index (χ4n) is 4.00. The topological polar surface area (TPSA) is 75.7 Å². The van der Waals surface area contributed by atoms with Gasteiger partial charge < -0.3 is 15.0 Å². The van der Waals surface area contributed by atoms with Crippen molar-refractivity contribution in [1.82, 2.24) is 0 Å². The van der Waals surface area contributed by atoms with E-state index >= 15 is 0 Å². The van der Waals surface area contributed by atoms with Crippen LogP contribution in [0.3, 0.4) is 0 Å². The van der Waals surface area contributed by atoms with Gasteiger partial charge in [0.25, 0.3) is 5.91 Å². The first kappa shape index (κ1) is 19.6. The predicted molar refractivity (Wildman–Crippen MR) is 112 cm³/mol. The van der Waals surface area contributed by atoms with Crippen LogP contribution in [0.5, 0.6) is 0 Å². The van der Waals surface area contributed by atoms with Gasteiger partial charge in [-0.25, -0.2) is 4.79 Å². The van der Waals surface area contributed by atoms with Gasteiger partial charge in [-0.05, 0) is 56.4 Å². The average molecular weight is 413 g/mol. The first-order chi connectivity index (χ1) is 14.0. The Morgan fingerprint density at radius 1 is 1.21 bits per heavy atom. The van der Waals surface area contributed by atoms with Gasteiger partial charge in [0.2, 0.25) is 5.91 Å². The largest absolute Gasteiger partial charge is 0.451 e. The average Bonchev–Trinajstić information content (AvgIpc) is 2.89. The van der Waals surface area contributed by atoms with E-state index in [1.54, 1.807) is 23.1 Å². The first-order valence-electron chi connectivity index (χ1n) is 10.0. The number of ether oxygens (including phenoxy) is 1. The lowest BCUT2D eigenvalue weighted by molar-refractivity contribution is -0.122. The molecule has 0 unspecified atom stereocenters. The van der Waals surface area contributed by atoms with Gasteiger partial charge >= 0.3 is 5.97 Å². The molecule has 0 radical (unpaired) electrons. The summed E-state index contributed by atoms with van der Waals surface area (Å²) in [5.41, 5.74) is 2.45. The molecule has 1 atom stereocenters. The highest BCUT2D eigenvalue weighted by atomic mass is 32.1. The number of benzene rings is 1. The molecule has 29 heavy (non-hydrogen) atoms. The highest BCUT2D eigenvalue weighted by Crippen LogP contribution is 2.32. The van der Waals surface area contributed by atoms with Crippen molar-refractivity contribution in [2.75, 3.05) is 16.8 Å². The Balaban J connectivity index is 1.46. The van der Waals surface area contributed by atoms with Crippen LogP contribution in [-0.4, -0.2) is 30.4 Å². The molecule has 0 bridgehead atoms. The molecule has 2 aromatic rings. The van der Waals surface area contributed by atoms with Crippen LogP contribution in [0.2, 0.25) is 0 Å². The number of nitrogens with zero attached hydrogens (tertiary/aromatic N) is 1. The van der Waals surface area contributed by atoms with E-state index in [-0.39, 0.29) is 30.9 Å². The molecule has 7 heteroatoms. The van der Waals surface area contributed by atoms with E-state index in [1.165, 1.54) is 28.2 Å². The molecule has 6 nitrogen and oxygen atoms in total. The molecule has 1 N–H and O–H groups in total. The Morgan fingerprint density at radius 2 is 2.00 bits per heavy atom. The number of esters is 1. The molecular formula is C22H24N2O4S. The third kappa shape index (κ3) is 4.19. The van der Waals surface area contributed by atoms with Crippen LogP contribution in [0.1, 0.15) is 52.7 Å². The SMILES string of the molecule is C[C@H]1CC(=O)Nc2ccccc2N1C(=O)COC(=O)c1cc2c(s1)CCCCC2. The molecule has 152 valence electrons. The van der Waals surface area contributed by atoms with Crippen molar-refractivity contribution in [3.05, 3.63) is 45.6 Å². The van der Waals surface area contributed by atoms with E-state index in [4.69, 9.17) is 4.74 Å². The van der Waals surface area contributed by atoms with E-state index in [2.05, 4.69) is 5.32 Å². The van der Waals surface area contributed by atoms with Crippen LogP contribution in [0.4, 0.5) is 11.4 Å². The Bertz CT molecular complexity index is 929. The van der Waals surface area contributed by atoms with E-state index in [1.807, 2.05) is 19.1 Å². The van der Waals surface area contributed by atoms with Crippen LogP contribution in [0, 0.1) is 0 Å². The number of carbonyl (C=O) groups excluding carboxylic acids is 3. The highest BCUT2D eigenvalue weighted by molar-refractivity contribution is 7.14. The van der Waals surface area contributed by atoms with Crippen LogP contribution >= 0.6 is 11.3 Å². The van der Waals surface area contributed by atoms with Gasteiger partial charge in [-0.2, -0.15) is 0 Å². The summed E-state index contributed by atoms with van der Waals surface area (Å²) < 4.78 is 5.36. The lowest BCUT2D eigenvalue weighted by Gasteiger charge is -2.27. The molecule has 2 amide bonds. The summed E-state index contributed by atoms with van der Waals surface area (Å²) in [5.74, 6) is -0.938. The van der Waals surface area contributed by atoms with Crippen LogP contribution in [0.25, 0.3) is 0 Å². The molecule has 1 aliphatic heterocycles. The second-order valence-corrected chi connectivity index (χ2v) is 8.71. The Kier molecular flexibility index (Phi) is 5.67. The zero-order valence-electron chi connectivity index (χ0n) is 16.4. The zero-order valence-corrected chi connectivity index (χ0v) is 17.2. The normalized spacial score (nSPS) is 18.7. The number of anilines is 2. The van der Waals surface area contributed by atoms with Crippen molar-refractivity contribution in [3.8, 4) is 0 Å². The summed E-state index contributed by atoms with van der Waals surface area (Å²) in [6.45, 7) is 1.46. The molecule has 4 rings (SSSR count). The number of aryl methyl sites for hydroxylation is 2. The summed E-state index contributed by atoms with van der Waals surface area (Å²) in [6.07, 6.45) is 5.72. The van der Waals surface area contributed by atoms with Crippen molar-refractivity contribution >= 4 is 40.5 Å². The maximum Gasteiger partial charge on any atom is 0.348 e. The molecular weight excluding hydrogens is 388 g/mol. The highest BCUT2D eigenvalue weighted by Gasteiger charge is 2.30. The van der Waals surface area contributed by atoms with Gasteiger partial charge in [0.1, 0.15) is 4.88 Å². The van der Waals surface area contributed by atoms with Gasteiger partial charge in [-0.3, -0.25) is 9.59 Å². The number of carbonyl (C=O) groups is 3. The Hall–Kier alpha value is -2.67. The number of hydrogen-bond acceptors (Lipinski definition) is 5. The summed E-state index contributed by atoms with van der Waals surface area (Å²) in [7, 11) is 0. The van der Waals surface area contributed by atoms with Crippen LogP contribution < -0.4 is 10.2 Å². The number of fused-ring (bicyclic) bond motifs is 2. The van der Waals surface area contributed by atoms with Crippen molar-refractivity contribution in [2.24, 2.45) is 0 Å². The molecule has 1 aliphatic carbocycles. The molecule has 0 spiro atoms. The van der Waals surface area contributed by atoms with E-state index in [0.717, 1.165) is 25.7 Å². The Labute approximate surface area is 173 Å². The third-order valence-corrected chi connectivity index (χ3v) is 6.62. The van der Waals surface area contributed by atoms with Gasteiger partial charge in [-0.1, -0.05) is 18.6 Å². The molecule has 0 saturated carbocycles. The van der Waals surface area contributed by atoms with Crippen molar-refractivity contribution in [1.29, 1.82) is 0 Å². The Morgan fingerprint density at radius 3 is 2.86 bits per heavy atom. The standard InChI is InChI=1S/C22H24N2O4S/c1-14-11-20(25)23-16-8-5-6-9-17(16)24(14)21(26)13-28-22(27)19-12-15-7-3-2-4-10-18(15)29-19/h5-6,8-9,12,14H,2-4,7,10-11,13H2,1H3,(H,23,25)/t14-/m0/s1. The summed E-state index contributed by atoms with van der Waals surface area (Å²) in [4.78, 5) is 40.9. The second kappa shape index (κ2) is 8.37. The molecule has 2 heterocycles. The quantitative estimate of drug-likeness (QED) is 0.612. The molecule has 1 aromatic carbocycles. The summed E-state index contributed by atoms with van der Waals surface area (Å²) in [6, 6.07) is 8.75. The minimum absolute atomic E-state index is 0.141. The molecule has 2 aliphatic rings. The molecule has 1 aromatic heterocycles. The second-order valence-electron chi connectivity index (χ2n) is 7.58. The van der Waals surface area contributed by atoms with Gasteiger partial charge in [0.15, 0.2) is 6.61 Å². The zero-order chi connectivity index (χ0) is 20.4. The fraction of sp³-hybridized carbons (Fsp3) is 0.409. The van der Waals surface area contributed by atoms with Crippen molar-refractivity contribution < 1.29 is 19.1 Å². The smallest absolute Gasteiger partial charge is 0.348 e. The third-order valence-electron chi connectivity index (χ3n) is 5.40. The summed E-state index contributed by atoms with van der Waals surface area (Å²) >= 11 is 1.48. The number of thiophene rings is 1. The van der Waals surface area contributed by atoms with Crippen LogP contribution in [0.15, 0.2) is 30.3 Å². The number of para-hydroxylation sites is 2. The van der Waals surface area contributed by atoms with E-state index in [9.17, 15) is 14.4 Å². The first-order valence-corrected chi connectivity index (χ1v) is 10.8. The van der Waals surface area contributed by atoms with Crippen LogP contribution in [-0.2, 0) is 27.2 Å².